The molecule has 0 heterocycles. The van der Waals surface area contributed by atoms with Crippen LogP contribution in [0.3, 0.4) is 0 Å². The first kappa shape index (κ1) is 20.8. The second-order valence-corrected chi connectivity index (χ2v) is 6.77. The minimum absolute atomic E-state index is 0.193. The second-order valence-electron chi connectivity index (χ2n) is 6.77. The summed E-state index contributed by atoms with van der Waals surface area (Å²) in [6.07, 6.45) is 0. The number of carbonyl (C=O) groups is 3. The van der Waals surface area contributed by atoms with Crippen molar-refractivity contribution in [2.75, 3.05) is 12.4 Å². The van der Waals surface area contributed by atoms with E-state index < -0.39 is 5.97 Å². The lowest BCUT2D eigenvalue weighted by atomic mass is 10.1. The Labute approximate surface area is 174 Å². The molecule has 30 heavy (non-hydrogen) atoms. The van der Waals surface area contributed by atoms with Crippen molar-refractivity contribution in [1.82, 2.24) is 5.32 Å². The lowest BCUT2D eigenvalue weighted by Gasteiger charge is -2.09. The Kier molecular flexibility index (Phi) is 6.60. The van der Waals surface area contributed by atoms with Gasteiger partial charge in [0.15, 0.2) is 0 Å². The predicted molar refractivity (Wildman–Crippen MR) is 115 cm³/mol. The number of anilines is 1. The van der Waals surface area contributed by atoms with E-state index in [-0.39, 0.29) is 11.8 Å². The van der Waals surface area contributed by atoms with E-state index in [0.29, 0.717) is 28.9 Å². The van der Waals surface area contributed by atoms with Gasteiger partial charge in [-0.05, 0) is 61.0 Å². The van der Waals surface area contributed by atoms with Gasteiger partial charge in [-0.2, -0.15) is 0 Å². The molecule has 0 radical (unpaired) electrons. The van der Waals surface area contributed by atoms with Crippen LogP contribution in [0.15, 0.2) is 72.8 Å². The first-order valence-corrected chi connectivity index (χ1v) is 9.40. The fraction of sp³-hybridized carbons (Fsp3) is 0.125. The van der Waals surface area contributed by atoms with Crippen LogP contribution < -0.4 is 10.6 Å². The van der Waals surface area contributed by atoms with Crippen LogP contribution in [0.4, 0.5) is 5.69 Å². The van der Waals surface area contributed by atoms with Crippen LogP contribution in [0, 0.1) is 6.92 Å². The molecule has 0 saturated heterocycles. The average Bonchev–Trinajstić information content (AvgIpc) is 2.77. The lowest BCUT2D eigenvalue weighted by molar-refractivity contribution is 0.0600. The molecule has 2 N–H and O–H groups in total. The third-order valence-electron chi connectivity index (χ3n) is 4.52. The maximum Gasteiger partial charge on any atom is 0.337 e. The smallest absolute Gasteiger partial charge is 0.337 e. The Hall–Kier alpha value is -3.93. The first-order valence-electron chi connectivity index (χ1n) is 9.40. The SMILES string of the molecule is COC(=O)c1ccc(C(=O)NCc2cccc(NC(=O)c3ccc(C)cc3)c2)cc1. The first-order chi connectivity index (χ1) is 14.5. The highest BCUT2D eigenvalue weighted by molar-refractivity contribution is 6.04. The number of amides is 2. The van der Waals surface area contributed by atoms with Crippen LogP contribution in [-0.4, -0.2) is 24.9 Å². The Morgan fingerprint density at radius 2 is 1.40 bits per heavy atom. The van der Waals surface area contributed by atoms with Crippen molar-refractivity contribution >= 4 is 23.5 Å². The highest BCUT2D eigenvalue weighted by Crippen LogP contribution is 2.13. The molecular weight excluding hydrogens is 380 g/mol. The Morgan fingerprint density at radius 1 is 0.800 bits per heavy atom. The van der Waals surface area contributed by atoms with Gasteiger partial charge in [-0.3, -0.25) is 9.59 Å². The van der Waals surface area contributed by atoms with E-state index in [1.165, 1.54) is 7.11 Å². The molecule has 3 aromatic carbocycles. The maximum absolute atomic E-state index is 12.4. The molecule has 0 aliphatic carbocycles. The van der Waals surface area contributed by atoms with Gasteiger partial charge in [-0.15, -0.1) is 0 Å². The predicted octanol–water partition coefficient (Wildman–Crippen LogP) is 3.96. The highest BCUT2D eigenvalue weighted by atomic mass is 16.5. The van der Waals surface area contributed by atoms with Gasteiger partial charge in [-0.1, -0.05) is 29.8 Å². The summed E-state index contributed by atoms with van der Waals surface area (Å²) in [6, 6.07) is 20.8. The van der Waals surface area contributed by atoms with E-state index >= 15 is 0 Å². The molecule has 0 saturated carbocycles. The number of benzene rings is 3. The molecule has 3 aromatic rings. The van der Waals surface area contributed by atoms with Crippen LogP contribution in [-0.2, 0) is 11.3 Å². The lowest BCUT2D eigenvalue weighted by Crippen LogP contribution is -2.23. The monoisotopic (exact) mass is 402 g/mol. The van der Waals surface area contributed by atoms with Crippen LogP contribution in [0.2, 0.25) is 0 Å². The van der Waals surface area contributed by atoms with Crippen LogP contribution in [0.5, 0.6) is 0 Å². The van der Waals surface area contributed by atoms with Gasteiger partial charge in [0.2, 0.25) is 0 Å². The molecule has 0 spiro atoms. The summed E-state index contributed by atoms with van der Waals surface area (Å²) in [6.45, 7) is 2.26. The normalized spacial score (nSPS) is 10.2. The van der Waals surface area contributed by atoms with E-state index in [2.05, 4.69) is 15.4 Å². The number of rotatable bonds is 6. The molecule has 0 fully saturated rings. The molecule has 6 nitrogen and oxygen atoms in total. The molecule has 6 heteroatoms. The zero-order valence-corrected chi connectivity index (χ0v) is 16.8. The quantitative estimate of drug-likeness (QED) is 0.611. The van der Waals surface area contributed by atoms with Gasteiger partial charge in [0.05, 0.1) is 12.7 Å². The zero-order valence-electron chi connectivity index (χ0n) is 16.8. The number of hydrogen-bond donors (Lipinski definition) is 2. The summed E-state index contributed by atoms with van der Waals surface area (Å²) in [7, 11) is 1.31. The van der Waals surface area contributed by atoms with Gasteiger partial charge < -0.3 is 15.4 Å². The standard InChI is InChI=1S/C24H22N2O4/c1-16-6-8-19(9-7-16)23(28)26-21-5-3-4-17(14-21)15-25-22(27)18-10-12-20(13-11-18)24(29)30-2/h3-14H,15H2,1-2H3,(H,25,27)(H,26,28). The van der Waals surface area contributed by atoms with Crippen LogP contribution in [0.1, 0.15) is 42.2 Å². The van der Waals surface area contributed by atoms with Crippen molar-refractivity contribution in [3.63, 3.8) is 0 Å². The maximum atomic E-state index is 12.4. The zero-order chi connectivity index (χ0) is 21.5. The number of nitrogens with one attached hydrogen (secondary N) is 2. The summed E-state index contributed by atoms with van der Waals surface area (Å²) in [5.41, 5.74) is 3.97. The number of esters is 1. The van der Waals surface area contributed by atoms with Gasteiger partial charge in [0, 0.05) is 23.4 Å². The molecule has 0 aliphatic rings. The van der Waals surface area contributed by atoms with Crippen LogP contribution >= 0.6 is 0 Å². The van der Waals surface area contributed by atoms with Gasteiger partial charge in [0.25, 0.3) is 11.8 Å². The van der Waals surface area contributed by atoms with Crippen LogP contribution in [0.25, 0.3) is 0 Å². The molecule has 0 aliphatic heterocycles. The minimum atomic E-state index is -0.452. The van der Waals surface area contributed by atoms with Crippen molar-refractivity contribution in [1.29, 1.82) is 0 Å². The summed E-state index contributed by atoms with van der Waals surface area (Å²) in [5.74, 6) is -0.908. The van der Waals surface area contributed by atoms with Gasteiger partial charge >= 0.3 is 5.97 Å². The molecule has 0 bridgehead atoms. The molecule has 0 unspecified atom stereocenters. The summed E-state index contributed by atoms with van der Waals surface area (Å²) in [5, 5.41) is 5.69. The molecule has 152 valence electrons. The molecule has 2 amide bonds. The number of aryl methyl sites for hydroxylation is 1. The fourth-order valence-electron chi connectivity index (χ4n) is 2.83. The summed E-state index contributed by atoms with van der Waals surface area (Å²) < 4.78 is 4.64. The van der Waals surface area contributed by atoms with E-state index in [1.54, 1.807) is 42.5 Å². The Morgan fingerprint density at radius 3 is 2.07 bits per heavy atom. The summed E-state index contributed by atoms with van der Waals surface area (Å²) in [4.78, 5) is 36.2. The highest BCUT2D eigenvalue weighted by Gasteiger charge is 2.10. The van der Waals surface area contributed by atoms with E-state index in [9.17, 15) is 14.4 Å². The topological polar surface area (TPSA) is 84.5 Å². The summed E-state index contributed by atoms with van der Waals surface area (Å²) >= 11 is 0. The third-order valence-corrected chi connectivity index (χ3v) is 4.52. The molecule has 0 atom stereocenters. The third kappa shape index (κ3) is 5.32. The van der Waals surface area contributed by atoms with Crippen molar-refractivity contribution in [2.45, 2.75) is 13.5 Å². The fourth-order valence-corrected chi connectivity index (χ4v) is 2.83. The van der Waals surface area contributed by atoms with E-state index in [4.69, 9.17) is 0 Å². The number of hydrogen-bond acceptors (Lipinski definition) is 4. The minimum Gasteiger partial charge on any atom is -0.465 e. The Balaban J connectivity index is 1.59. The van der Waals surface area contributed by atoms with E-state index in [0.717, 1.165) is 11.1 Å². The van der Waals surface area contributed by atoms with Crippen molar-refractivity contribution in [3.05, 3.63) is 101 Å². The van der Waals surface area contributed by atoms with Crippen molar-refractivity contribution < 1.29 is 19.1 Å². The molecule has 3 rings (SSSR count). The molecule has 0 aromatic heterocycles. The van der Waals surface area contributed by atoms with Crippen molar-refractivity contribution in [3.8, 4) is 0 Å². The molecular formula is C24H22N2O4. The number of ether oxygens (including phenoxy) is 1. The number of methoxy groups -OCH3 is 1. The second kappa shape index (κ2) is 9.52. The van der Waals surface area contributed by atoms with E-state index in [1.807, 2.05) is 37.3 Å². The average molecular weight is 402 g/mol. The number of carbonyl (C=O) groups excluding carboxylic acids is 3. The van der Waals surface area contributed by atoms with Gasteiger partial charge in [-0.25, -0.2) is 4.79 Å². The Bertz CT molecular complexity index is 1060. The van der Waals surface area contributed by atoms with Crippen molar-refractivity contribution in [2.24, 2.45) is 0 Å². The largest absolute Gasteiger partial charge is 0.465 e. The van der Waals surface area contributed by atoms with Gasteiger partial charge in [0.1, 0.15) is 0 Å².